The Morgan fingerprint density at radius 3 is 2.33 bits per heavy atom. The summed E-state index contributed by atoms with van der Waals surface area (Å²) in [5, 5.41) is 12.2. The van der Waals surface area contributed by atoms with Gasteiger partial charge in [-0.15, -0.1) is 0 Å². The maximum atomic E-state index is 8.97. The molecule has 1 aliphatic rings. The fourth-order valence-corrected chi connectivity index (χ4v) is 2.64. The molecular weight excluding hydrogens is 268 g/mol. The fourth-order valence-electron chi connectivity index (χ4n) is 2.64. The second-order valence-electron chi connectivity index (χ2n) is 5.18. The summed E-state index contributed by atoms with van der Waals surface area (Å²) in [5.74, 6) is 0.481. The molecule has 1 aliphatic carbocycles. The minimum atomic E-state index is -0.377. The standard InChI is InChI=1S/C14H16N6O/c15-12(20-21)14(4-1-5-14)10-2-3-11(17-8-10)9-6-18-13(16)19-7-9/h2-3,6-8,21H,1,4-5H2,(H2,15,20)(H2,16,18,19). The van der Waals surface area contributed by atoms with Crippen LogP contribution in [0.25, 0.3) is 11.3 Å². The topological polar surface area (TPSA) is 123 Å². The van der Waals surface area contributed by atoms with E-state index in [9.17, 15) is 0 Å². The van der Waals surface area contributed by atoms with Gasteiger partial charge in [-0.25, -0.2) is 9.97 Å². The molecule has 0 amide bonds. The molecule has 108 valence electrons. The summed E-state index contributed by atoms with van der Waals surface area (Å²) in [6, 6.07) is 3.84. The van der Waals surface area contributed by atoms with Crippen LogP contribution in [0.1, 0.15) is 24.8 Å². The molecule has 0 spiro atoms. The van der Waals surface area contributed by atoms with Crippen molar-refractivity contribution in [2.75, 3.05) is 5.73 Å². The lowest BCUT2D eigenvalue weighted by Gasteiger charge is -2.40. The molecule has 0 unspecified atom stereocenters. The number of aromatic nitrogens is 3. The summed E-state index contributed by atoms with van der Waals surface area (Å²) < 4.78 is 0. The first-order chi connectivity index (χ1) is 10.2. The number of pyridine rings is 1. The molecular formula is C14H16N6O. The van der Waals surface area contributed by atoms with Crippen LogP contribution in [-0.4, -0.2) is 26.0 Å². The predicted octanol–water partition coefficient (Wildman–Crippen LogP) is 1.29. The van der Waals surface area contributed by atoms with Crippen molar-refractivity contribution < 1.29 is 5.21 Å². The molecule has 0 saturated heterocycles. The number of hydrogen-bond donors (Lipinski definition) is 3. The van der Waals surface area contributed by atoms with Gasteiger partial charge in [0.15, 0.2) is 0 Å². The van der Waals surface area contributed by atoms with Crippen molar-refractivity contribution in [1.29, 1.82) is 0 Å². The summed E-state index contributed by atoms with van der Waals surface area (Å²) in [7, 11) is 0. The lowest BCUT2D eigenvalue weighted by Crippen LogP contribution is -2.47. The van der Waals surface area contributed by atoms with E-state index in [2.05, 4.69) is 20.1 Å². The Kier molecular flexibility index (Phi) is 3.17. The van der Waals surface area contributed by atoms with E-state index in [0.717, 1.165) is 36.1 Å². The highest BCUT2D eigenvalue weighted by atomic mass is 16.4. The average molecular weight is 284 g/mol. The Morgan fingerprint density at radius 1 is 1.14 bits per heavy atom. The molecule has 0 bridgehead atoms. The molecule has 5 N–H and O–H groups in total. The first-order valence-electron chi connectivity index (χ1n) is 6.68. The lowest BCUT2D eigenvalue weighted by atomic mass is 9.64. The van der Waals surface area contributed by atoms with Gasteiger partial charge in [0.05, 0.1) is 11.1 Å². The van der Waals surface area contributed by atoms with Gasteiger partial charge in [-0.05, 0) is 24.5 Å². The van der Waals surface area contributed by atoms with Gasteiger partial charge in [-0.2, -0.15) is 0 Å². The predicted molar refractivity (Wildman–Crippen MR) is 78.6 cm³/mol. The zero-order chi connectivity index (χ0) is 14.9. The van der Waals surface area contributed by atoms with Gasteiger partial charge in [-0.1, -0.05) is 17.6 Å². The van der Waals surface area contributed by atoms with E-state index < -0.39 is 0 Å². The molecule has 1 saturated carbocycles. The lowest BCUT2D eigenvalue weighted by molar-refractivity contribution is 0.286. The average Bonchev–Trinajstić information content (AvgIpc) is 2.47. The van der Waals surface area contributed by atoms with E-state index in [4.69, 9.17) is 16.7 Å². The van der Waals surface area contributed by atoms with Gasteiger partial charge in [0.1, 0.15) is 5.84 Å². The molecule has 7 nitrogen and oxygen atoms in total. The molecule has 2 heterocycles. The minimum absolute atomic E-state index is 0.232. The summed E-state index contributed by atoms with van der Waals surface area (Å²) in [6.45, 7) is 0. The van der Waals surface area contributed by atoms with E-state index in [0.29, 0.717) is 0 Å². The monoisotopic (exact) mass is 284 g/mol. The van der Waals surface area contributed by atoms with Gasteiger partial charge in [0.25, 0.3) is 0 Å². The molecule has 0 radical (unpaired) electrons. The number of amidine groups is 1. The van der Waals surface area contributed by atoms with Crippen LogP contribution in [0.5, 0.6) is 0 Å². The van der Waals surface area contributed by atoms with Crippen molar-refractivity contribution in [2.45, 2.75) is 24.7 Å². The maximum Gasteiger partial charge on any atom is 0.219 e. The Balaban J connectivity index is 1.92. The van der Waals surface area contributed by atoms with Crippen molar-refractivity contribution in [3.8, 4) is 11.3 Å². The van der Waals surface area contributed by atoms with E-state index in [1.54, 1.807) is 18.6 Å². The summed E-state index contributed by atoms with van der Waals surface area (Å²) in [4.78, 5) is 12.3. The molecule has 1 fully saturated rings. The smallest absolute Gasteiger partial charge is 0.219 e. The van der Waals surface area contributed by atoms with Crippen LogP contribution < -0.4 is 11.5 Å². The van der Waals surface area contributed by atoms with Crippen LogP contribution in [0, 0.1) is 0 Å². The molecule has 2 aromatic rings. The van der Waals surface area contributed by atoms with Crippen LogP contribution in [0.15, 0.2) is 35.9 Å². The van der Waals surface area contributed by atoms with E-state index in [1.165, 1.54) is 0 Å². The third-order valence-electron chi connectivity index (χ3n) is 4.09. The quantitative estimate of drug-likeness (QED) is 0.338. The molecule has 0 aromatic carbocycles. The summed E-state index contributed by atoms with van der Waals surface area (Å²) in [5.41, 5.74) is 13.5. The second-order valence-corrected chi connectivity index (χ2v) is 5.18. The van der Waals surface area contributed by atoms with Crippen molar-refractivity contribution in [2.24, 2.45) is 10.9 Å². The Bertz CT molecular complexity index is 661. The highest BCUT2D eigenvalue weighted by Crippen LogP contribution is 2.43. The number of anilines is 1. The molecule has 0 aliphatic heterocycles. The molecule has 2 aromatic heterocycles. The highest BCUT2D eigenvalue weighted by Gasteiger charge is 2.43. The zero-order valence-electron chi connectivity index (χ0n) is 11.4. The SMILES string of the molecule is N/C(=N\O)C1(c2ccc(-c3cnc(N)nc3)nc2)CCC1. The minimum Gasteiger partial charge on any atom is -0.409 e. The van der Waals surface area contributed by atoms with E-state index in [-0.39, 0.29) is 17.2 Å². The Hall–Kier alpha value is -2.70. The van der Waals surface area contributed by atoms with Crippen molar-refractivity contribution in [1.82, 2.24) is 15.0 Å². The third-order valence-corrected chi connectivity index (χ3v) is 4.09. The van der Waals surface area contributed by atoms with Gasteiger partial charge >= 0.3 is 0 Å². The number of nitrogen functional groups attached to an aromatic ring is 1. The van der Waals surface area contributed by atoms with Gasteiger partial charge in [0, 0.05) is 24.2 Å². The number of rotatable bonds is 3. The maximum absolute atomic E-state index is 8.97. The van der Waals surface area contributed by atoms with Crippen LogP contribution in [0.4, 0.5) is 5.95 Å². The van der Waals surface area contributed by atoms with Crippen LogP contribution in [0.3, 0.4) is 0 Å². The zero-order valence-corrected chi connectivity index (χ0v) is 11.4. The van der Waals surface area contributed by atoms with Crippen LogP contribution in [0.2, 0.25) is 0 Å². The van der Waals surface area contributed by atoms with Crippen molar-refractivity contribution in [3.05, 3.63) is 36.3 Å². The van der Waals surface area contributed by atoms with Crippen LogP contribution in [-0.2, 0) is 5.41 Å². The third kappa shape index (κ3) is 2.16. The Labute approximate surface area is 121 Å². The molecule has 3 rings (SSSR count). The highest BCUT2D eigenvalue weighted by molar-refractivity contribution is 5.92. The summed E-state index contributed by atoms with van der Waals surface area (Å²) in [6.07, 6.45) is 7.83. The van der Waals surface area contributed by atoms with Gasteiger partial charge in [-0.3, -0.25) is 4.98 Å². The number of nitrogens with zero attached hydrogens (tertiary/aromatic N) is 4. The van der Waals surface area contributed by atoms with Crippen LogP contribution >= 0.6 is 0 Å². The fraction of sp³-hybridized carbons (Fsp3) is 0.286. The van der Waals surface area contributed by atoms with E-state index in [1.807, 2.05) is 12.1 Å². The molecule has 7 heteroatoms. The van der Waals surface area contributed by atoms with Gasteiger partial charge < -0.3 is 16.7 Å². The van der Waals surface area contributed by atoms with Gasteiger partial charge in [0.2, 0.25) is 5.95 Å². The number of nitrogens with two attached hydrogens (primary N) is 2. The summed E-state index contributed by atoms with van der Waals surface area (Å²) >= 11 is 0. The Morgan fingerprint density at radius 2 is 1.86 bits per heavy atom. The van der Waals surface area contributed by atoms with Crippen molar-refractivity contribution in [3.63, 3.8) is 0 Å². The largest absolute Gasteiger partial charge is 0.409 e. The first-order valence-corrected chi connectivity index (χ1v) is 6.68. The number of oxime groups is 1. The van der Waals surface area contributed by atoms with E-state index >= 15 is 0 Å². The van der Waals surface area contributed by atoms with Crippen molar-refractivity contribution >= 4 is 11.8 Å². The normalized spacial score (nSPS) is 17.2. The second kappa shape index (κ2) is 5.01. The number of hydrogen-bond acceptors (Lipinski definition) is 6. The molecule has 0 atom stereocenters. The molecule has 21 heavy (non-hydrogen) atoms. The first kappa shape index (κ1) is 13.3.